The molecule has 4 aromatic rings. The first kappa shape index (κ1) is 35.9. The van der Waals surface area contributed by atoms with Crippen LogP contribution in [0.3, 0.4) is 0 Å². The van der Waals surface area contributed by atoms with E-state index in [0.717, 1.165) is 27.9 Å². The first-order valence-corrected chi connectivity index (χ1v) is 17.9. The van der Waals surface area contributed by atoms with Crippen LogP contribution >= 0.6 is 0 Å². The highest BCUT2D eigenvalue weighted by molar-refractivity contribution is 7.92. The highest BCUT2D eigenvalue weighted by atomic mass is 32.2. The fourth-order valence-corrected chi connectivity index (χ4v) is 7.03. The van der Waals surface area contributed by atoms with E-state index in [9.17, 15) is 13.2 Å². The van der Waals surface area contributed by atoms with Gasteiger partial charge < -0.3 is 9.64 Å². The Bertz CT molecular complexity index is 1920. The molecule has 0 fully saturated rings. The van der Waals surface area contributed by atoms with Crippen molar-refractivity contribution in [1.29, 1.82) is 0 Å². The number of hydrogen-bond donors (Lipinski definition) is 2. The van der Waals surface area contributed by atoms with E-state index in [4.69, 9.17) is 20.5 Å². The van der Waals surface area contributed by atoms with Gasteiger partial charge in [0, 0.05) is 23.4 Å². The summed E-state index contributed by atoms with van der Waals surface area (Å²) in [5.41, 5.74) is 4.46. The second-order valence-corrected chi connectivity index (χ2v) is 16.1. The normalized spacial score (nSPS) is 16.5. The molecule has 0 unspecified atom stereocenters. The predicted octanol–water partition coefficient (Wildman–Crippen LogP) is 6.40. The number of nitrogens with two attached hydrogens (primary N) is 1. The lowest BCUT2D eigenvalue weighted by Crippen LogP contribution is -2.45. The molecule has 1 aliphatic heterocycles. The van der Waals surface area contributed by atoms with Crippen molar-refractivity contribution in [3.05, 3.63) is 94.8 Å². The Morgan fingerprint density at radius 2 is 1.71 bits per heavy atom. The molecule has 5 rings (SSSR count). The second kappa shape index (κ2) is 14.2. The van der Waals surface area contributed by atoms with Gasteiger partial charge in [0.25, 0.3) is 15.9 Å². The van der Waals surface area contributed by atoms with Crippen LogP contribution in [-0.2, 0) is 27.8 Å². The van der Waals surface area contributed by atoms with Gasteiger partial charge in [-0.25, -0.2) is 24.0 Å². The van der Waals surface area contributed by atoms with Gasteiger partial charge in [0.2, 0.25) is 11.8 Å². The maximum atomic E-state index is 14.6. The summed E-state index contributed by atoms with van der Waals surface area (Å²) < 4.78 is 36.4. The minimum absolute atomic E-state index is 0.0870. The minimum atomic E-state index is -4.19. The van der Waals surface area contributed by atoms with E-state index >= 15 is 0 Å². The number of carbonyl (C=O) groups excluding carboxylic acids is 1. The third kappa shape index (κ3) is 8.80. The maximum absolute atomic E-state index is 14.6. The molecule has 2 aromatic heterocycles. The molecular weight excluding hydrogens is 641 g/mol. The standard InChI is InChI=1S/C37H46N6O5S/c1-24-11-8-12-25(2)33(24)30-20-32-41-35(40-30)42-49(45,46)29-15-9-13-27(19-29)34(44)43(28(23-47-32)21-36(3,4)5)22-31-26(14-10-18-39-31)16-17-37(6,7)48-38/h8-15,18-20,28H,16-17,21-23,38H2,1-7H3,(H,40,41,42)/t28-/m1/s1. The molecule has 49 heavy (non-hydrogen) atoms. The van der Waals surface area contributed by atoms with Crippen molar-refractivity contribution >= 4 is 21.9 Å². The topological polar surface area (TPSA) is 150 Å². The lowest BCUT2D eigenvalue weighted by Gasteiger charge is -2.36. The fraction of sp³-hybridized carbons (Fsp3) is 0.405. The second-order valence-electron chi connectivity index (χ2n) is 14.5. The van der Waals surface area contributed by atoms with Crippen LogP contribution in [-0.4, -0.2) is 52.4 Å². The smallest absolute Gasteiger partial charge is 0.264 e. The zero-order chi connectivity index (χ0) is 35.6. The van der Waals surface area contributed by atoms with Gasteiger partial charge in [-0.3, -0.25) is 14.6 Å². The first-order valence-electron chi connectivity index (χ1n) is 16.4. The Hall–Kier alpha value is -4.39. The number of rotatable bonds is 8. The molecule has 3 heterocycles. The van der Waals surface area contributed by atoms with E-state index < -0.39 is 21.7 Å². The largest absolute Gasteiger partial charge is 0.475 e. The van der Waals surface area contributed by atoms with Gasteiger partial charge >= 0.3 is 0 Å². The van der Waals surface area contributed by atoms with Crippen molar-refractivity contribution < 1.29 is 22.8 Å². The SMILES string of the molecule is Cc1cccc(C)c1-c1cc2nc(n1)NS(=O)(=O)c1cccc(c1)C(=O)N(Cc1ncccc1CCC(C)(C)ON)[C@H](CC(C)(C)C)CO2. The van der Waals surface area contributed by atoms with Crippen molar-refractivity contribution in [3.8, 4) is 17.1 Å². The summed E-state index contributed by atoms with van der Waals surface area (Å²) in [6.07, 6.45) is 3.55. The molecule has 0 radical (unpaired) electrons. The van der Waals surface area contributed by atoms with Gasteiger partial charge in [-0.05, 0) is 93.3 Å². The van der Waals surface area contributed by atoms with Gasteiger partial charge in [0.1, 0.15) is 6.61 Å². The van der Waals surface area contributed by atoms with Crippen molar-refractivity contribution in [2.24, 2.45) is 11.3 Å². The highest BCUT2D eigenvalue weighted by Crippen LogP contribution is 2.32. The number of anilines is 1. The summed E-state index contributed by atoms with van der Waals surface area (Å²) in [5.74, 6) is 5.25. The van der Waals surface area contributed by atoms with Gasteiger partial charge in [0.15, 0.2) is 0 Å². The van der Waals surface area contributed by atoms with Crippen LogP contribution in [0.5, 0.6) is 5.88 Å². The number of amides is 1. The third-order valence-corrected chi connectivity index (χ3v) is 9.98. The molecule has 11 nitrogen and oxygen atoms in total. The zero-order valence-electron chi connectivity index (χ0n) is 29.3. The van der Waals surface area contributed by atoms with Crippen LogP contribution in [0.25, 0.3) is 11.3 Å². The number of ether oxygens (including phenoxy) is 1. The van der Waals surface area contributed by atoms with Gasteiger partial charge in [-0.2, -0.15) is 4.98 Å². The predicted molar refractivity (Wildman–Crippen MR) is 189 cm³/mol. The van der Waals surface area contributed by atoms with E-state index in [2.05, 4.69) is 35.5 Å². The average Bonchev–Trinajstić information content (AvgIpc) is 3.04. The Morgan fingerprint density at radius 3 is 2.41 bits per heavy atom. The number of carbonyl (C=O) groups is 1. The molecule has 4 bridgehead atoms. The average molecular weight is 687 g/mol. The van der Waals surface area contributed by atoms with Crippen LogP contribution in [0.1, 0.15) is 80.2 Å². The Kier molecular flexibility index (Phi) is 10.4. The number of pyridine rings is 1. The Morgan fingerprint density at radius 1 is 1.00 bits per heavy atom. The molecule has 3 N–H and O–H groups in total. The Labute approximate surface area is 289 Å². The summed E-state index contributed by atoms with van der Waals surface area (Å²) in [4.78, 5) is 35.2. The quantitative estimate of drug-likeness (QED) is 0.201. The van der Waals surface area contributed by atoms with E-state index in [1.165, 1.54) is 12.1 Å². The summed E-state index contributed by atoms with van der Waals surface area (Å²) in [6.45, 7) is 14.4. The molecule has 0 saturated heterocycles. The van der Waals surface area contributed by atoms with Gasteiger partial charge in [-0.15, -0.1) is 0 Å². The molecule has 0 spiro atoms. The summed E-state index contributed by atoms with van der Waals surface area (Å²) >= 11 is 0. The molecule has 0 aliphatic carbocycles. The first-order chi connectivity index (χ1) is 23.0. The lowest BCUT2D eigenvalue weighted by molar-refractivity contribution is -0.0251. The maximum Gasteiger partial charge on any atom is 0.264 e. The number of aryl methyl sites for hydroxylation is 3. The number of benzene rings is 2. The number of nitrogens with one attached hydrogen (secondary N) is 1. The summed E-state index contributed by atoms with van der Waals surface area (Å²) in [7, 11) is -4.19. The van der Waals surface area contributed by atoms with Crippen molar-refractivity contribution in [2.75, 3.05) is 11.3 Å². The van der Waals surface area contributed by atoms with Crippen LogP contribution in [0, 0.1) is 19.3 Å². The molecule has 12 heteroatoms. The third-order valence-electron chi connectivity index (χ3n) is 8.65. The van der Waals surface area contributed by atoms with Crippen molar-refractivity contribution in [1.82, 2.24) is 19.9 Å². The number of hydrogen-bond acceptors (Lipinski definition) is 9. The molecule has 1 atom stereocenters. The molecular formula is C37H46N6O5S. The Balaban J connectivity index is 1.65. The van der Waals surface area contributed by atoms with Crippen LogP contribution in [0.15, 0.2) is 71.8 Å². The summed E-state index contributed by atoms with van der Waals surface area (Å²) in [5, 5.41) is 0. The van der Waals surface area contributed by atoms with Crippen molar-refractivity contribution in [2.45, 2.75) is 90.8 Å². The van der Waals surface area contributed by atoms with E-state index in [1.54, 1.807) is 29.3 Å². The molecule has 2 aromatic carbocycles. The monoisotopic (exact) mass is 686 g/mol. The molecule has 0 saturated carbocycles. The number of fused-ring (bicyclic) bond motifs is 4. The number of nitrogens with zero attached hydrogens (tertiary/aromatic N) is 4. The van der Waals surface area contributed by atoms with E-state index in [1.807, 2.05) is 58.0 Å². The number of aromatic nitrogens is 3. The van der Waals surface area contributed by atoms with Gasteiger partial charge in [-0.1, -0.05) is 51.1 Å². The molecule has 260 valence electrons. The highest BCUT2D eigenvalue weighted by Gasteiger charge is 2.32. The van der Waals surface area contributed by atoms with Crippen LogP contribution in [0.4, 0.5) is 5.95 Å². The fourth-order valence-electron chi connectivity index (χ4n) is 6.04. The lowest BCUT2D eigenvalue weighted by atomic mass is 9.87. The van der Waals surface area contributed by atoms with Crippen molar-refractivity contribution in [3.63, 3.8) is 0 Å². The number of sulfonamides is 1. The van der Waals surface area contributed by atoms with Gasteiger partial charge in [0.05, 0.1) is 34.5 Å². The zero-order valence-corrected chi connectivity index (χ0v) is 30.1. The van der Waals surface area contributed by atoms with Crippen LogP contribution in [0.2, 0.25) is 0 Å². The molecule has 1 aliphatic rings. The van der Waals surface area contributed by atoms with Crippen LogP contribution < -0.4 is 15.4 Å². The van der Waals surface area contributed by atoms with E-state index in [0.29, 0.717) is 25.0 Å². The molecule has 1 amide bonds. The minimum Gasteiger partial charge on any atom is -0.475 e. The van der Waals surface area contributed by atoms with E-state index in [-0.39, 0.29) is 46.8 Å². The summed E-state index contributed by atoms with van der Waals surface area (Å²) in [6, 6.07) is 17.1.